The van der Waals surface area contributed by atoms with Gasteiger partial charge in [0.25, 0.3) is 0 Å². The van der Waals surface area contributed by atoms with E-state index >= 15 is 0 Å². The van der Waals surface area contributed by atoms with Crippen molar-refractivity contribution in [3.63, 3.8) is 0 Å². The average molecular weight is 323 g/mol. The van der Waals surface area contributed by atoms with Gasteiger partial charge in [0, 0.05) is 22.0 Å². The van der Waals surface area contributed by atoms with E-state index in [1.165, 1.54) is 6.07 Å². The number of halogens is 2. The van der Waals surface area contributed by atoms with Gasteiger partial charge in [-0.3, -0.25) is 0 Å². The van der Waals surface area contributed by atoms with Gasteiger partial charge in [0.1, 0.15) is 17.7 Å². The lowest BCUT2D eigenvalue weighted by atomic mass is 9.95. The molecule has 0 fully saturated rings. The number of benzene rings is 2. The highest BCUT2D eigenvalue weighted by atomic mass is 79.9. The zero-order chi connectivity index (χ0) is 13.4. The number of aliphatic hydroxyl groups is 1. The van der Waals surface area contributed by atoms with Crippen LogP contribution in [-0.4, -0.2) is 5.11 Å². The molecule has 1 N–H and O–H groups in total. The molecule has 1 unspecified atom stereocenters. The summed E-state index contributed by atoms with van der Waals surface area (Å²) in [6.45, 7) is 0. The first-order valence-electron chi connectivity index (χ1n) is 6.04. The van der Waals surface area contributed by atoms with Gasteiger partial charge in [-0.25, -0.2) is 4.39 Å². The minimum absolute atomic E-state index is 0.305. The Balaban J connectivity index is 1.97. The van der Waals surface area contributed by atoms with Crippen LogP contribution in [0.2, 0.25) is 0 Å². The maximum Gasteiger partial charge on any atom is 0.130 e. The molecule has 1 aliphatic heterocycles. The monoisotopic (exact) mass is 322 g/mol. The van der Waals surface area contributed by atoms with Crippen molar-refractivity contribution in [3.8, 4) is 5.75 Å². The summed E-state index contributed by atoms with van der Waals surface area (Å²) in [4.78, 5) is 0. The highest BCUT2D eigenvalue weighted by Crippen LogP contribution is 2.42. The molecule has 3 rings (SSSR count). The number of aliphatic hydroxyl groups excluding tert-OH is 1. The third-order valence-corrected chi connectivity index (χ3v) is 3.78. The van der Waals surface area contributed by atoms with E-state index in [0.29, 0.717) is 17.7 Å². The molecule has 0 saturated carbocycles. The third-order valence-electron chi connectivity index (χ3n) is 3.29. The molecular weight excluding hydrogens is 311 g/mol. The van der Waals surface area contributed by atoms with Gasteiger partial charge in [-0.05, 0) is 24.3 Å². The van der Waals surface area contributed by atoms with Crippen molar-refractivity contribution >= 4 is 15.9 Å². The van der Waals surface area contributed by atoms with E-state index in [-0.39, 0.29) is 5.82 Å². The van der Waals surface area contributed by atoms with E-state index in [9.17, 15) is 9.50 Å². The summed E-state index contributed by atoms with van der Waals surface area (Å²) in [5.74, 6) is 0.301. The van der Waals surface area contributed by atoms with E-state index in [4.69, 9.17) is 4.74 Å². The van der Waals surface area contributed by atoms with Crippen LogP contribution in [0.5, 0.6) is 5.75 Å². The van der Waals surface area contributed by atoms with E-state index in [0.717, 1.165) is 10.0 Å². The van der Waals surface area contributed by atoms with Crippen molar-refractivity contribution in [2.24, 2.45) is 0 Å². The number of rotatable bonds is 1. The second kappa shape index (κ2) is 4.94. The van der Waals surface area contributed by atoms with Gasteiger partial charge >= 0.3 is 0 Å². The Hall–Kier alpha value is -1.39. The molecule has 2 aromatic rings. The van der Waals surface area contributed by atoms with Crippen LogP contribution in [0.15, 0.2) is 46.9 Å². The van der Waals surface area contributed by atoms with E-state index in [1.54, 1.807) is 24.3 Å². The fraction of sp³-hybridized carbons (Fsp3) is 0.200. The molecule has 0 aromatic heterocycles. The van der Waals surface area contributed by atoms with Crippen molar-refractivity contribution in [1.82, 2.24) is 0 Å². The van der Waals surface area contributed by atoms with Crippen molar-refractivity contribution in [3.05, 3.63) is 63.9 Å². The molecule has 1 aliphatic rings. The zero-order valence-corrected chi connectivity index (χ0v) is 11.6. The van der Waals surface area contributed by atoms with Crippen molar-refractivity contribution in [2.75, 3.05) is 0 Å². The van der Waals surface area contributed by atoms with Gasteiger partial charge in [-0.15, -0.1) is 0 Å². The fourth-order valence-corrected chi connectivity index (χ4v) is 2.72. The Morgan fingerprint density at radius 2 is 1.95 bits per heavy atom. The minimum atomic E-state index is -0.647. The topological polar surface area (TPSA) is 29.5 Å². The van der Waals surface area contributed by atoms with Crippen LogP contribution in [0.4, 0.5) is 4.39 Å². The molecule has 0 amide bonds. The van der Waals surface area contributed by atoms with Gasteiger partial charge < -0.3 is 9.84 Å². The molecule has 19 heavy (non-hydrogen) atoms. The molecule has 2 nitrogen and oxygen atoms in total. The van der Waals surface area contributed by atoms with Crippen LogP contribution in [0, 0.1) is 5.82 Å². The Bertz CT molecular complexity index is 615. The smallest absolute Gasteiger partial charge is 0.130 e. The van der Waals surface area contributed by atoms with Gasteiger partial charge in [-0.1, -0.05) is 34.1 Å². The molecule has 0 radical (unpaired) electrons. The summed E-state index contributed by atoms with van der Waals surface area (Å²) in [6, 6.07) is 12.0. The molecule has 2 atom stereocenters. The van der Waals surface area contributed by atoms with Crippen molar-refractivity contribution in [2.45, 2.75) is 18.6 Å². The van der Waals surface area contributed by atoms with Crippen molar-refractivity contribution in [1.29, 1.82) is 0 Å². The first kappa shape index (κ1) is 12.6. The summed E-state index contributed by atoms with van der Waals surface area (Å²) >= 11 is 3.36. The highest BCUT2D eigenvalue weighted by Gasteiger charge is 2.29. The molecule has 98 valence electrons. The summed E-state index contributed by atoms with van der Waals surface area (Å²) in [6.07, 6.45) is -0.750. The Labute approximate surface area is 119 Å². The number of hydrogen-bond acceptors (Lipinski definition) is 2. The summed E-state index contributed by atoms with van der Waals surface area (Å²) < 4.78 is 20.5. The first-order valence-corrected chi connectivity index (χ1v) is 6.83. The quantitative estimate of drug-likeness (QED) is 0.854. The van der Waals surface area contributed by atoms with Gasteiger partial charge in [0.05, 0.1) is 6.10 Å². The van der Waals surface area contributed by atoms with Crippen LogP contribution in [0.25, 0.3) is 0 Å². The molecule has 0 saturated heterocycles. The summed E-state index contributed by atoms with van der Waals surface area (Å²) in [5, 5.41) is 10.2. The molecule has 0 spiro atoms. The molecule has 2 aromatic carbocycles. The maximum atomic E-state index is 13.8. The lowest BCUT2D eigenvalue weighted by molar-refractivity contribution is 0.0639. The van der Waals surface area contributed by atoms with E-state index < -0.39 is 12.2 Å². The van der Waals surface area contributed by atoms with Crippen LogP contribution in [0.3, 0.4) is 0 Å². The van der Waals surface area contributed by atoms with Crippen LogP contribution in [-0.2, 0) is 0 Å². The predicted octanol–water partition coefficient (Wildman–Crippen LogP) is 4.15. The molecule has 4 heteroatoms. The third kappa shape index (κ3) is 2.38. The first-order chi connectivity index (χ1) is 9.15. The molecule has 0 bridgehead atoms. The predicted molar refractivity (Wildman–Crippen MR) is 73.5 cm³/mol. The minimum Gasteiger partial charge on any atom is -0.485 e. The Morgan fingerprint density at radius 3 is 2.74 bits per heavy atom. The fourth-order valence-electron chi connectivity index (χ4n) is 2.34. The lowest BCUT2D eigenvalue weighted by Crippen LogP contribution is -2.19. The van der Waals surface area contributed by atoms with E-state index in [2.05, 4.69) is 15.9 Å². The second-order valence-corrected chi connectivity index (χ2v) is 5.48. The largest absolute Gasteiger partial charge is 0.485 e. The number of fused-ring (bicyclic) bond motifs is 1. The van der Waals surface area contributed by atoms with Gasteiger partial charge in [0.15, 0.2) is 0 Å². The number of ether oxygens (including phenoxy) is 1. The maximum absolute atomic E-state index is 13.8. The highest BCUT2D eigenvalue weighted by molar-refractivity contribution is 9.10. The van der Waals surface area contributed by atoms with Crippen molar-refractivity contribution < 1.29 is 14.2 Å². The van der Waals surface area contributed by atoms with Crippen LogP contribution < -0.4 is 4.74 Å². The Morgan fingerprint density at radius 1 is 1.16 bits per heavy atom. The van der Waals surface area contributed by atoms with Gasteiger partial charge in [-0.2, -0.15) is 0 Å². The number of hydrogen-bond donors (Lipinski definition) is 1. The molecule has 0 aliphatic carbocycles. The standard InChI is InChI=1S/C15H12BrFO2/c16-9-5-6-14-11(7-9)13(18)8-15(19-14)10-3-1-2-4-12(10)17/h1-7,13,15,18H,8H2/t13-,15?/m1/s1. The van der Waals surface area contributed by atoms with Gasteiger partial charge in [0.2, 0.25) is 0 Å². The van der Waals surface area contributed by atoms with E-state index in [1.807, 2.05) is 12.1 Å². The normalized spacial score (nSPS) is 21.6. The summed E-state index contributed by atoms with van der Waals surface area (Å²) in [7, 11) is 0. The molecule has 1 heterocycles. The van der Waals surface area contributed by atoms with Crippen LogP contribution >= 0.6 is 15.9 Å². The Kier molecular flexibility index (Phi) is 3.29. The second-order valence-electron chi connectivity index (χ2n) is 4.56. The zero-order valence-electron chi connectivity index (χ0n) is 10.0. The SMILES string of the molecule is O[C@@H]1CC(c2ccccc2F)Oc2ccc(Br)cc21. The summed E-state index contributed by atoms with van der Waals surface area (Å²) in [5.41, 5.74) is 1.22. The average Bonchev–Trinajstić information content (AvgIpc) is 2.40. The van der Waals surface area contributed by atoms with Crippen LogP contribution in [0.1, 0.15) is 29.8 Å². The molecular formula is C15H12BrFO2. The lowest BCUT2D eigenvalue weighted by Gasteiger charge is -2.30.